The van der Waals surface area contributed by atoms with Gasteiger partial charge >= 0.3 is 5.97 Å². The summed E-state index contributed by atoms with van der Waals surface area (Å²) in [5.74, 6) is 0.937. The molecule has 110 valence electrons. The van der Waals surface area contributed by atoms with Crippen LogP contribution < -0.4 is 9.47 Å². The van der Waals surface area contributed by atoms with E-state index in [2.05, 4.69) is 0 Å². The largest absolute Gasteiger partial charge is 0.490 e. The molecule has 2 rings (SSSR count). The Morgan fingerprint density at radius 2 is 1.95 bits per heavy atom. The van der Waals surface area contributed by atoms with E-state index >= 15 is 0 Å². The van der Waals surface area contributed by atoms with Gasteiger partial charge in [-0.15, -0.1) is 0 Å². The molecule has 0 amide bonds. The summed E-state index contributed by atoms with van der Waals surface area (Å²) in [6.07, 6.45) is 0.520. The third-order valence-corrected chi connectivity index (χ3v) is 3.78. The van der Waals surface area contributed by atoms with Crippen LogP contribution in [0.1, 0.15) is 42.5 Å². The van der Waals surface area contributed by atoms with E-state index in [1.54, 1.807) is 0 Å². The number of hydrogen-bond acceptors (Lipinski definition) is 3. The summed E-state index contributed by atoms with van der Waals surface area (Å²) in [5.41, 5.74) is 4.29. The molecule has 20 heavy (non-hydrogen) atoms. The molecule has 0 saturated heterocycles. The fourth-order valence-corrected chi connectivity index (χ4v) is 2.72. The second-order valence-corrected chi connectivity index (χ2v) is 5.72. The molecular weight excluding hydrogens is 256 g/mol. The van der Waals surface area contributed by atoms with Crippen molar-refractivity contribution in [1.29, 1.82) is 0 Å². The van der Waals surface area contributed by atoms with Crippen molar-refractivity contribution in [3.05, 3.63) is 22.3 Å². The van der Waals surface area contributed by atoms with Gasteiger partial charge in [0.25, 0.3) is 0 Å². The molecule has 1 aliphatic heterocycles. The number of carboxylic acid groups (broad SMARTS) is 1. The van der Waals surface area contributed by atoms with Gasteiger partial charge in [-0.3, -0.25) is 4.79 Å². The number of hydrogen-bond donors (Lipinski definition) is 1. The number of carboxylic acids is 1. The molecule has 1 unspecified atom stereocenters. The summed E-state index contributed by atoms with van der Waals surface area (Å²) >= 11 is 0. The standard InChI is InChI=1S/C16H22O4/c1-8(2)19-15-9(3)10(4)16-13(11(15)5)6-12(20-16)7-14(17)18/h8,12H,6-7H2,1-5H3,(H,17,18). The molecule has 1 N–H and O–H groups in total. The molecule has 4 heteroatoms. The van der Waals surface area contributed by atoms with Crippen LogP contribution in [0.15, 0.2) is 0 Å². The average molecular weight is 278 g/mol. The van der Waals surface area contributed by atoms with E-state index < -0.39 is 5.97 Å². The van der Waals surface area contributed by atoms with Crippen LogP contribution in [0.3, 0.4) is 0 Å². The number of fused-ring (bicyclic) bond motifs is 1. The Labute approximate surface area is 119 Å². The predicted molar refractivity (Wildman–Crippen MR) is 76.8 cm³/mol. The maximum Gasteiger partial charge on any atom is 0.307 e. The van der Waals surface area contributed by atoms with Gasteiger partial charge in [0.15, 0.2) is 0 Å². The molecule has 0 radical (unpaired) electrons. The molecule has 1 aromatic carbocycles. The first-order chi connectivity index (χ1) is 9.31. The molecule has 1 aromatic rings. The SMILES string of the molecule is Cc1c(C)c2c(c(C)c1OC(C)C)CC(CC(=O)O)O2. The highest BCUT2D eigenvalue weighted by Crippen LogP contribution is 2.43. The summed E-state index contributed by atoms with van der Waals surface area (Å²) in [6, 6.07) is 0. The molecule has 1 aliphatic rings. The number of rotatable bonds is 4. The van der Waals surface area contributed by atoms with Crippen molar-refractivity contribution in [1.82, 2.24) is 0 Å². The van der Waals surface area contributed by atoms with E-state index in [0.717, 1.165) is 33.8 Å². The molecule has 0 aromatic heterocycles. The quantitative estimate of drug-likeness (QED) is 0.919. The fourth-order valence-electron chi connectivity index (χ4n) is 2.72. The molecule has 0 saturated carbocycles. The second-order valence-electron chi connectivity index (χ2n) is 5.72. The van der Waals surface area contributed by atoms with Gasteiger partial charge in [0, 0.05) is 12.0 Å². The summed E-state index contributed by atoms with van der Waals surface area (Å²) in [6.45, 7) is 10.1. The Balaban J connectivity index is 2.41. The van der Waals surface area contributed by atoms with Crippen molar-refractivity contribution in [2.45, 2.75) is 59.7 Å². The van der Waals surface area contributed by atoms with Crippen molar-refractivity contribution in [2.75, 3.05) is 0 Å². The minimum Gasteiger partial charge on any atom is -0.490 e. The first-order valence-electron chi connectivity index (χ1n) is 6.99. The number of aliphatic carboxylic acids is 1. The number of ether oxygens (including phenoxy) is 2. The van der Waals surface area contributed by atoms with E-state index in [-0.39, 0.29) is 18.6 Å². The highest BCUT2D eigenvalue weighted by molar-refractivity contribution is 5.68. The molecule has 4 nitrogen and oxygen atoms in total. The van der Waals surface area contributed by atoms with E-state index in [1.807, 2.05) is 34.6 Å². The Morgan fingerprint density at radius 1 is 1.30 bits per heavy atom. The maximum atomic E-state index is 10.9. The van der Waals surface area contributed by atoms with Crippen LogP contribution in [0.25, 0.3) is 0 Å². The fraction of sp³-hybridized carbons (Fsp3) is 0.562. The molecule has 0 fully saturated rings. The number of benzene rings is 1. The summed E-state index contributed by atoms with van der Waals surface area (Å²) in [5, 5.41) is 8.91. The van der Waals surface area contributed by atoms with Gasteiger partial charge in [-0.2, -0.15) is 0 Å². The predicted octanol–water partition coefficient (Wildman–Crippen LogP) is 3.18. The zero-order valence-electron chi connectivity index (χ0n) is 12.7. The summed E-state index contributed by atoms with van der Waals surface area (Å²) in [7, 11) is 0. The van der Waals surface area contributed by atoms with Crippen LogP contribution in [-0.2, 0) is 11.2 Å². The average Bonchev–Trinajstić information content (AvgIpc) is 2.75. The molecule has 0 spiro atoms. The third-order valence-electron chi connectivity index (χ3n) is 3.78. The monoisotopic (exact) mass is 278 g/mol. The minimum absolute atomic E-state index is 0.0347. The summed E-state index contributed by atoms with van der Waals surface area (Å²) in [4.78, 5) is 10.9. The molecular formula is C16H22O4. The number of carbonyl (C=O) groups is 1. The lowest BCUT2D eigenvalue weighted by Crippen LogP contribution is -2.17. The molecule has 1 heterocycles. The second kappa shape index (κ2) is 5.35. The highest BCUT2D eigenvalue weighted by atomic mass is 16.5. The van der Waals surface area contributed by atoms with Gasteiger partial charge in [-0.1, -0.05) is 0 Å². The van der Waals surface area contributed by atoms with Crippen molar-refractivity contribution < 1.29 is 19.4 Å². The van der Waals surface area contributed by atoms with Crippen molar-refractivity contribution in [3.8, 4) is 11.5 Å². The topological polar surface area (TPSA) is 55.8 Å². The zero-order valence-corrected chi connectivity index (χ0v) is 12.7. The lowest BCUT2D eigenvalue weighted by atomic mass is 9.95. The van der Waals surface area contributed by atoms with Crippen LogP contribution >= 0.6 is 0 Å². The van der Waals surface area contributed by atoms with Crippen LogP contribution in [0.5, 0.6) is 11.5 Å². The van der Waals surface area contributed by atoms with Crippen LogP contribution in [0, 0.1) is 20.8 Å². The van der Waals surface area contributed by atoms with Crippen LogP contribution in [0.4, 0.5) is 0 Å². The van der Waals surface area contributed by atoms with Gasteiger partial charge in [0.2, 0.25) is 0 Å². The smallest absolute Gasteiger partial charge is 0.307 e. The Kier molecular flexibility index (Phi) is 3.93. The van der Waals surface area contributed by atoms with Gasteiger partial charge in [-0.25, -0.2) is 0 Å². The zero-order chi connectivity index (χ0) is 15.0. The Morgan fingerprint density at radius 3 is 2.50 bits per heavy atom. The minimum atomic E-state index is -0.825. The van der Waals surface area contributed by atoms with Crippen LogP contribution in [-0.4, -0.2) is 23.3 Å². The maximum absolute atomic E-state index is 10.9. The van der Waals surface area contributed by atoms with E-state index in [0.29, 0.717) is 6.42 Å². The molecule has 1 atom stereocenters. The van der Waals surface area contributed by atoms with E-state index in [1.165, 1.54) is 0 Å². The molecule has 0 bridgehead atoms. The lowest BCUT2D eigenvalue weighted by molar-refractivity contribution is -0.138. The van der Waals surface area contributed by atoms with Gasteiger partial charge in [0.05, 0.1) is 12.5 Å². The lowest BCUT2D eigenvalue weighted by Gasteiger charge is -2.19. The highest BCUT2D eigenvalue weighted by Gasteiger charge is 2.31. The molecule has 0 aliphatic carbocycles. The Hall–Kier alpha value is -1.71. The van der Waals surface area contributed by atoms with Gasteiger partial charge in [0.1, 0.15) is 17.6 Å². The third kappa shape index (κ3) is 2.60. The van der Waals surface area contributed by atoms with Crippen molar-refractivity contribution in [2.24, 2.45) is 0 Å². The normalized spacial score (nSPS) is 17.0. The first kappa shape index (κ1) is 14.7. The van der Waals surface area contributed by atoms with Gasteiger partial charge in [-0.05, 0) is 51.3 Å². The van der Waals surface area contributed by atoms with Gasteiger partial charge < -0.3 is 14.6 Å². The van der Waals surface area contributed by atoms with Crippen molar-refractivity contribution >= 4 is 5.97 Å². The first-order valence-corrected chi connectivity index (χ1v) is 6.99. The van der Waals surface area contributed by atoms with Crippen LogP contribution in [0.2, 0.25) is 0 Å². The summed E-state index contributed by atoms with van der Waals surface area (Å²) < 4.78 is 11.8. The van der Waals surface area contributed by atoms with E-state index in [9.17, 15) is 4.79 Å². The van der Waals surface area contributed by atoms with Crippen molar-refractivity contribution in [3.63, 3.8) is 0 Å². The van der Waals surface area contributed by atoms with E-state index in [4.69, 9.17) is 14.6 Å². The Bertz CT molecular complexity index is 546.